The summed E-state index contributed by atoms with van der Waals surface area (Å²) in [6.45, 7) is 1.85. The molecule has 0 bridgehead atoms. The van der Waals surface area contributed by atoms with Gasteiger partial charge in [-0.05, 0) is 61.4 Å². The molecule has 32 heavy (non-hydrogen) atoms. The first kappa shape index (κ1) is 22.3. The summed E-state index contributed by atoms with van der Waals surface area (Å²) in [6, 6.07) is 10.1. The van der Waals surface area contributed by atoms with Crippen LogP contribution in [0.1, 0.15) is 30.6 Å². The van der Waals surface area contributed by atoms with E-state index in [-0.39, 0.29) is 23.9 Å². The molecule has 2 fully saturated rings. The Morgan fingerprint density at radius 3 is 2.50 bits per heavy atom. The minimum absolute atomic E-state index is 0.0151. The van der Waals surface area contributed by atoms with E-state index >= 15 is 0 Å². The zero-order valence-corrected chi connectivity index (χ0v) is 18.7. The van der Waals surface area contributed by atoms with Crippen LogP contribution < -0.4 is 16.0 Å². The molecule has 1 aromatic carbocycles. The molecule has 0 spiro atoms. The molecule has 2 aliphatic heterocycles. The summed E-state index contributed by atoms with van der Waals surface area (Å²) in [5.41, 5.74) is 1.25. The molecule has 2 saturated heterocycles. The Bertz CT molecular complexity index is 926. The van der Waals surface area contributed by atoms with Gasteiger partial charge in [-0.25, -0.2) is 4.79 Å². The normalized spacial score (nSPS) is 20.2. The lowest BCUT2D eigenvalue weighted by Gasteiger charge is -2.24. The maximum atomic E-state index is 12.8. The Morgan fingerprint density at radius 2 is 1.81 bits per heavy atom. The van der Waals surface area contributed by atoms with Gasteiger partial charge in [0.2, 0.25) is 11.8 Å². The van der Waals surface area contributed by atoms with Crippen LogP contribution in [0, 0.1) is 0 Å². The Kier molecular flexibility index (Phi) is 7.39. The quantitative estimate of drug-likeness (QED) is 0.596. The number of nitrogens with zero attached hydrogens (tertiary/aromatic N) is 1. The summed E-state index contributed by atoms with van der Waals surface area (Å²) in [6.07, 6.45) is 3.89. The average molecular weight is 457 g/mol. The van der Waals surface area contributed by atoms with Gasteiger partial charge < -0.3 is 25.6 Å². The molecule has 3 heterocycles. The largest absolute Gasteiger partial charge is 0.376 e. The molecule has 0 aliphatic carbocycles. The first-order chi connectivity index (χ1) is 15.6. The standard InChI is InChI=1S/C23H28N4O4S/c28-21(14-19-5-3-13-32-19)27-11-1-6-20(27)22(29)25-16-7-9-17(10-8-16)26-23(30)24-15-18-4-2-12-31-18/h3,5,7-10,13,18,20H,1-2,4,6,11-12,14-15H2,(H,25,29)(H2,24,26,30). The van der Waals surface area contributed by atoms with E-state index in [0.29, 0.717) is 37.3 Å². The SMILES string of the molecule is O=C(NCC1CCCO1)Nc1ccc(NC(=O)C2CCCN2C(=O)Cc2cccs2)cc1. The maximum absolute atomic E-state index is 12.8. The van der Waals surface area contributed by atoms with Gasteiger partial charge in [0.25, 0.3) is 0 Å². The summed E-state index contributed by atoms with van der Waals surface area (Å²) in [7, 11) is 0. The number of amides is 4. The lowest BCUT2D eigenvalue weighted by atomic mass is 10.2. The molecule has 8 nitrogen and oxygen atoms in total. The summed E-state index contributed by atoms with van der Waals surface area (Å²) in [5, 5.41) is 10.4. The molecule has 2 atom stereocenters. The van der Waals surface area contributed by atoms with Crippen LogP contribution >= 0.6 is 11.3 Å². The third kappa shape index (κ3) is 5.86. The van der Waals surface area contributed by atoms with E-state index < -0.39 is 6.04 Å². The smallest absolute Gasteiger partial charge is 0.319 e. The van der Waals surface area contributed by atoms with E-state index in [2.05, 4.69) is 16.0 Å². The number of thiophene rings is 1. The van der Waals surface area contributed by atoms with Crippen LogP contribution in [0.2, 0.25) is 0 Å². The molecular weight excluding hydrogens is 428 g/mol. The van der Waals surface area contributed by atoms with Crippen molar-refractivity contribution in [1.29, 1.82) is 0 Å². The lowest BCUT2D eigenvalue weighted by Crippen LogP contribution is -2.43. The van der Waals surface area contributed by atoms with Crippen molar-refractivity contribution in [2.24, 2.45) is 0 Å². The monoisotopic (exact) mass is 456 g/mol. The van der Waals surface area contributed by atoms with Crippen molar-refractivity contribution in [3.63, 3.8) is 0 Å². The van der Waals surface area contributed by atoms with E-state index in [1.807, 2.05) is 17.5 Å². The Hall–Kier alpha value is -2.91. The highest BCUT2D eigenvalue weighted by Crippen LogP contribution is 2.22. The topological polar surface area (TPSA) is 99.8 Å². The summed E-state index contributed by atoms with van der Waals surface area (Å²) < 4.78 is 5.49. The molecule has 3 N–H and O–H groups in total. The summed E-state index contributed by atoms with van der Waals surface area (Å²) in [5.74, 6) is -0.198. The second kappa shape index (κ2) is 10.6. The van der Waals surface area contributed by atoms with E-state index in [9.17, 15) is 14.4 Å². The van der Waals surface area contributed by atoms with Gasteiger partial charge in [-0.15, -0.1) is 11.3 Å². The second-order valence-electron chi connectivity index (χ2n) is 8.04. The van der Waals surface area contributed by atoms with Crippen LogP contribution in [-0.2, 0) is 20.7 Å². The highest BCUT2D eigenvalue weighted by molar-refractivity contribution is 7.10. The van der Waals surface area contributed by atoms with Gasteiger partial charge in [-0.2, -0.15) is 0 Å². The lowest BCUT2D eigenvalue weighted by molar-refractivity contribution is -0.136. The zero-order chi connectivity index (χ0) is 22.3. The van der Waals surface area contributed by atoms with E-state index in [4.69, 9.17) is 4.74 Å². The third-order valence-corrected chi connectivity index (χ3v) is 6.58. The van der Waals surface area contributed by atoms with Gasteiger partial charge in [0.05, 0.1) is 12.5 Å². The molecule has 2 aliphatic rings. The number of anilines is 2. The summed E-state index contributed by atoms with van der Waals surface area (Å²) in [4.78, 5) is 40.2. The van der Waals surface area contributed by atoms with Gasteiger partial charge in [0.15, 0.2) is 0 Å². The number of urea groups is 1. The van der Waals surface area contributed by atoms with Crippen molar-refractivity contribution in [2.75, 3.05) is 30.3 Å². The fourth-order valence-corrected chi connectivity index (χ4v) is 4.75. The van der Waals surface area contributed by atoms with Crippen LogP contribution in [0.15, 0.2) is 41.8 Å². The molecule has 170 valence electrons. The zero-order valence-electron chi connectivity index (χ0n) is 17.8. The number of rotatable bonds is 7. The number of hydrogen-bond donors (Lipinski definition) is 3. The molecule has 2 unspecified atom stereocenters. The highest BCUT2D eigenvalue weighted by atomic mass is 32.1. The molecule has 9 heteroatoms. The van der Waals surface area contributed by atoms with Crippen molar-refractivity contribution in [1.82, 2.24) is 10.2 Å². The number of carbonyl (C=O) groups is 3. The number of carbonyl (C=O) groups excluding carboxylic acids is 3. The fourth-order valence-electron chi connectivity index (χ4n) is 4.05. The molecule has 0 radical (unpaired) electrons. The second-order valence-corrected chi connectivity index (χ2v) is 9.07. The van der Waals surface area contributed by atoms with E-state index in [1.165, 1.54) is 0 Å². The van der Waals surface area contributed by atoms with Crippen molar-refractivity contribution < 1.29 is 19.1 Å². The van der Waals surface area contributed by atoms with Gasteiger partial charge in [-0.1, -0.05) is 6.07 Å². The molecule has 2 aromatic rings. The first-order valence-electron chi connectivity index (χ1n) is 11.0. The molecule has 4 rings (SSSR count). The van der Waals surface area contributed by atoms with Gasteiger partial charge >= 0.3 is 6.03 Å². The number of nitrogens with one attached hydrogen (secondary N) is 3. The van der Waals surface area contributed by atoms with Crippen molar-refractivity contribution in [3.05, 3.63) is 46.7 Å². The number of hydrogen-bond acceptors (Lipinski definition) is 5. The van der Waals surface area contributed by atoms with E-state index in [1.54, 1.807) is 40.5 Å². The first-order valence-corrected chi connectivity index (χ1v) is 11.9. The molecular formula is C23H28N4O4S. The maximum Gasteiger partial charge on any atom is 0.319 e. The Morgan fingerprint density at radius 1 is 1.03 bits per heavy atom. The minimum atomic E-state index is -0.455. The van der Waals surface area contributed by atoms with Crippen molar-refractivity contribution in [3.8, 4) is 0 Å². The van der Waals surface area contributed by atoms with Crippen LogP contribution in [0.4, 0.5) is 16.2 Å². The third-order valence-electron chi connectivity index (χ3n) is 5.71. The van der Waals surface area contributed by atoms with Gasteiger partial charge in [0, 0.05) is 35.9 Å². The van der Waals surface area contributed by atoms with Crippen LogP contribution in [0.3, 0.4) is 0 Å². The predicted molar refractivity (Wildman–Crippen MR) is 124 cm³/mol. The fraction of sp³-hybridized carbons (Fsp3) is 0.435. The highest BCUT2D eigenvalue weighted by Gasteiger charge is 2.34. The van der Waals surface area contributed by atoms with Crippen molar-refractivity contribution in [2.45, 2.75) is 44.2 Å². The molecule has 1 aromatic heterocycles. The molecule has 4 amide bonds. The van der Waals surface area contributed by atoms with Gasteiger partial charge in [-0.3, -0.25) is 9.59 Å². The average Bonchev–Trinajstić information content (AvgIpc) is 3.55. The summed E-state index contributed by atoms with van der Waals surface area (Å²) >= 11 is 1.55. The van der Waals surface area contributed by atoms with Crippen LogP contribution in [0.25, 0.3) is 0 Å². The Balaban J connectivity index is 1.26. The molecule has 0 saturated carbocycles. The van der Waals surface area contributed by atoms with Crippen LogP contribution in [0.5, 0.6) is 0 Å². The minimum Gasteiger partial charge on any atom is -0.376 e. The number of likely N-dealkylation sites (tertiary alicyclic amines) is 1. The Labute approximate surface area is 191 Å². The van der Waals surface area contributed by atoms with E-state index in [0.717, 1.165) is 30.7 Å². The van der Waals surface area contributed by atoms with Gasteiger partial charge in [0.1, 0.15) is 6.04 Å². The predicted octanol–water partition coefficient (Wildman–Crippen LogP) is 3.22. The number of ether oxygens (including phenoxy) is 1. The van der Waals surface area contributed by atoms with Crippen LogP contribution in [-0.4, -0.2) is 54.6 Å². The number of benzene rings is 1. The van der Waals surface area contributed by atoms with Crippen molar-refractivity contribution >= 4 is 40.6 Å².